The normalized spacial score (nSPS) is 21.4. The summed E-state index contributed by atoms with van der Waals surface area (Å²) in [5.41, 5.74) is 1.57. The van der Waals surface area contributed by atoms with E-state index in [1.807, 2.05) is 7.05 Å². The molecule has 4 heteroatoms. The summed E-state index contributed by atoms with van der Waals surface area (Å²) in [7, 11) is 1.91. The number of nitrogens with one attached hydrogen (secondary N) is 2. The van der Waals surface area contributed by atoms with Gasteiger partial charge < -0.3 is 10.6 Å². The van der Waals surface area contributed by atoms with E-state index < -0.39 is 0 Å². The first-order valence-corrected chi connectivity index (χ1v) is 7.27. The van der Waals surface area contributed by atoms with E-state index in [4.69, 9.17) is 0 Å². The molecule has 2 rings (SSSR count). The predicted octanol–water partition coefficient (Wildman–Crippen LogP) is 3.38. The Morgan fingerprint density at radius 1 is 1.26 bits per heavy atom. The molecule has 1 saturated carbocycles. The summed E-state index contributed by atoms with van der Waals surface area (Å²) in [6, 6.07) is 0.540. The average molecular weight is 262 g/mol. The maximum atomic E-state index is 4.65. The van der Waals surface area contributed by atoms with Crippen LogP contribution in [-0.2, 0) is 6.42 Å². The van der Waals surface area contributed by atoms with Crippen LogP contribution in [0, 0.1) is 12.3 Å². The highest BCUT2D eigenvalue weighted by atomic mass is 15.1. The minimum atomic E-state index is 0.456. The average Bonchev–Trinajstić information content (AvgIpc) is 2.71. The predicted molar refractivity (Wildman–Crippen MR) is 80.7 cm³/mol. The molecule has 1 aromatic heterocycles. The van der Waals surface area contributed by atoms with Gasteiger partial charge in [0, 0.05) is 25.1 Å². The van der Waals surface area contributed by atoms with Crippen molar-refractivity contribution in [3.8, 4) is 0 Å². The Kier molecular flexibility index (Phi) is 3.97. The van der Waals surface area contributed by atoms with Gasteiger partial charge in [-0.15, -0.1) is 0 Å². The van der Waals surface area contributed by atoms with Crippen molar-refractivity contribution in [1.82, 2.24) is 9.97 Å². The Morgan fingerprint density at radius 2 is 1.95 bits per heavy atom. The first-order valence-electron chi connectivity index (χ1n) is 7.27. The van der Waals surface area contributed by atoms with Crippen LogP contribution in [0.15, 0.2) is 0 Å². The molecular formula is C15H26N4. The van der Waals surface area contributed by atoms with Gasteiger partial charge in [0.25, 0.3) is 0 Å². The molecule has 0 saturated heterocycles. The second kappa shape index (κ2) is 5.35. The molecule has 1 unspecified atom stereocenters. The molecule has 0 bridgehead atoms. The van der Waals surface area contributed by atoms with E-state index in [-0.39, 0.29) is 0 Å². The summed E-state index contributed by atoms with van der Waals surface area (Å²) >= 11 is 0. The van der Waals surface area contributed by atoms with Crippen molar-refractivity contribution >= 4 is 11.6 Å². The number of nitrogens with zero attached hydrogens (tertiary/aromatic N) is 2. The lowest BCUT2D eigenvalue weighted by Crippen LogP contribution is -2.20. The SMILES string of the molecule is CCc1nc(NC)c(C)c(NC2CCC(C)(C)C2)n1. The molecule has 2 N–H and O–H groups in total. The highest BCUT2D eigenvalue weighted by Gasteiger charge is 2.31. The fourth-order valence-electron chi connectivity index (χ4n) is 2.86. The molecule has 0 radical (unpaired) electrons. The smallest absolute Gasteiger partial charge is 0.134 e. The van der Waals surface area contributed by atoms with Crippen LogP contribution in [-0.4, -0.2) is 23.1 Å². The van der Waals surface area contributed by atoms with Crippen molar-refractivity contribution in [3.63, 3.8) is 0 Å². The number of hydrogen-bond acceptors (Lipinski definition) is 4. The third kappa shape index (κ3) is 3.17. The minimum absolute atomic E-state index is 0.456. The zero-order chi connectivity index (χ0) is 14.0. The lowest BCUT2D eigenvalue weighted by Gasteiger charge is -2.20. The monoisotopic (exact) mass is 262 g/mol. The molecule has 0 spiro atoms. The largest absolute Gasteiger partial charge is 0.373 e. The van der Waals surface area contributed by atoms with Gasteiger partial charge in [0.05, 0.1) is 0 Å². The molecule has 0 amide bonds. The van der Waals surface area contributed by atoms with Gasteiger partial charge in [-0.2, -0.15) is 0 Å². The van der Waals surface area contributed by atoms with Crippen molar-refractivity contribution in [2.75, 3.05) is 17.7 Å². The summed E-state index contributed by atoms with van der Waals surface area (Å²) in [4.78, 5) is 9.16. The maximum absolute atomic E-state index is 4.65. The van der Waals surface area contributed by atoms with Gasteiger partial charge >= 0.3 is 0 Å². The van der Waals surface area contributed by atoms with E-state index in [1.54, 1.807) is 0 Å². The van der Waals surface area contributed by atoms with Crippen LogP contribution in [0.1, 0.15) is 51.4 Å². The third-order valence-electron chi connectivity index (χ3n) is 4.05. The molecule has 4 nitrogen and oxygen atoms in total. The molecule has 1 fully saturated rings. The Hall–Kier alpha value is -1.32. The molecule has 1 aromatic rings. The lowest BCUT2D eigenvalue weighted by molar-refractivity contribution is 0.378. The highest BCUT2D eigenvalue weighted by Crippen LogP contribution is 2.38. The zero-order valence-corrected chi connectivity index (χ0v) is 12.8. The molecule has 1 aliphatic carbocycles. The number of anilines is 2. The van der Waals surface area contributed by atoms with E-state index in [9.17, 15) is 0 Å². The van der Waals surface area contributed by atoms with Gasteiger partial charge in [-0.25, -0.2) is 9.97 Å². The number of aromatic nitrogens is 2. The quantitative estimate of drug-likeness (QED) is 0.873. The van der Waals surface area contributed by atoms with Crippen molar-refractivity contribution in [3.05, 3.63) is 11.4 Å². The number of hydrogen-bond donors (Lipinski definition) is 2. The Labute approximate surface area is 116 Å². The molecule has 0 aliphatic heterocycles. The van der Waals surface area contributed by atoms with Crippen LogP contribution >= 0.6 is 0 Å². The van der Waals surface area contributed by atoms with Crippen LogP contribution in [0.2, 0.25) is 0 Å². The van der Waals surface area contributed by atoms with Crippen LogP contribution in [0.4, 0.5) is 11.6 Å². The van der Waals surface area contributed by atoms with Crippen molar-refractivity contribution in [2.24, 2.45) is 5.41 Å². The van der Waals surface area contributed by atoms with Crippen molar-refractivity contribution in [1.29, 1.82) is 0 Å². The summed E-state index contributed by atoms with van der Waals surface area (Å²) in [5.74, 6) is 2.83. The van der Waals surface area contributed by atoms with Crippen LogP contribution < -0.4 is 10.6 Å². The Bertz CT molecular complexity index is 454. The van der Waals surface area contributed by atoms with Crippen molar-refractivity contribution < 1.29 is 0 Å². The number of aryl methyl sites for hydroxylation is 1. The van der Waals surface area contributed by atoms with Crippen LogP contribution in [0.5, 0.6) is 0 Å². The third-order valence-corrected chi connectivity index (χ3v) is 4.05. The molecule has 1 aliphatic rings. The molecule has 19 heavy (non-hydrogen) atoms. The van der Waals surface area contributed by atoms with Crippen molar-refractivity contribution in [2.45, 2.75) is 59.4 Å². The van der Waals surface area contributed by atoms with E-state index >= 15 is 0 Å². The van der Waals surface area contributed by atoms with Gasteiger partial charge in [0.2, 0.25) is 0 Å². The highest BCUT2D eigenvalue weighted by molar-refractivity contribution is 5.57. The van der Waals surface area contributed by atoms with Gasteiger partial charge in [-0.3, -0.25) is 0 Å². The number of rotatable bonds is 4. The molecule has 1 heterocycles. The fourth-order valence-corrected chi connectivity index (χ4v) is 2.86. The van der Waals surface area contributed by atoms with Gasteiger partial charge in [-0.05, 0) is 31.6 Å². The zero-order valence-electron chi connectivity index (χ0n) is 12.8. The second-order valence-electron chi connectivity index (χ2n) is 6.31. The molecule has 1 atom stereocenters. The summed E-state index contributed by atoms with van der Waals surface area (Å²) < 4.78 is 0. The summed E-state index contributed by atoms with van der Waals surface area (Å²) in [6.07, 6.45) is 4.59. The van der Waals surface area contributed by atoms with Gasteiger partial charge in [0.1, 0.15) is 17.5 Å². The standard InChI is InChI=1S/C15H26N4/c1-6-12-18-13(16-5)10(2)14(19-12)17-11-7-8-15(3,4)9-11/h11H,6-9H2,1-5H3,(H2,16,17,18,19). The van der Waals surface area contributed by atoms with E-state index in [0.29, 0.717) is 11.5 Å². The van der Waals surface area contributed by atoms with E-state index in [2.05, 4.69) is 48.3 Å². The molecule has 0 aromatic carbocycles. The maximum Gasteiger partial charge on any atom is 0.134 e. The van der Waals surface area contributed by atoms with Gasteiger partial charge in [-0.1, -0.05) is 20.8 Å². The Morgan fingerprint density at radius 3 is 2.47 bits per heavy atom. The second-order valence-corrected chi connectivity index (χ2v) is 6.31. The molecular weight excluding hydrogens is 236 g/mol. The first kappa shape index (κ1) is 14.1. The lowest BCUT2D eigenvalue weighted by atomic mass is 9.92. The fraction of sp³-hybridized carbons (Fsp3) is 0.733. The molecule has 106 valence electrons. The van der Waals surface area contributed by atoms with E-state index in [1.165, 1.54) is 19.3 Å². The summed E-state index contributed by atoms with van der Waals surface area (Å²) in [5, 5.41) is 6.78. The van der Waals surface area contributed by atoms with Crippen LogP contribution in [0.25, 0.3) is 0 Å². The van der Waals surface area contributed by atoms with E-state index in [0.717, 1.165) is 29.4 Å². The van der Waals surface area contributed by atoms with Crippen LogP contribution in [0.3, 0.4) is 0 Å². The minimum Gasteiger partial charge on any atom is -0.373 e. The first-order chi connectivity index (χ1) is 8.95. The Balaban J connectivity index is 2.20. The summed E-state index contributed by atoms with van der Waals surface area (Å²) in [6.45, 7) is 8.86. The van der Waals surface area contributed by atoms with Gasteiger partial charge in [0.15, 0.2) is 0 Å². The topological polar surface area (TPSA) is 49.8 Å².